The third-order valence-corrected chi connectivity index (χ3v) is 10.7. The van der Waals surface area contributed by atoms with Crippen LogP contribution in [0.4, 0.5) is 10.2 Å². The van der Waals surface area contributed by atoms with Crippen molar-refractivity contribution in [1.82, 2.24) is 19.5 Å². The van der Waals surface area contributed by atoms with Gasteiger partial charge in [0.2, 0.25) is 0 Å². The Bertz CT molecular complexity index is 2470. The molecular weight excluding hydrogens is 776 g/mol. The highest BCUT2D eigenvalue weighted by molar-refractivity contribution is 7.33. The number of amides is 1. The number of methoxy groups -OCH3 is 2. The number of hydrogen-bond acceptors (Lipinski definition) is 11. The van der Waals surface area contributed by atoms with E-state index in [-0.39, 0.29) is 29.3 Å². The van der Waals surface area contributed by atoms with Gasteiger partial charge in [-0.2, -0.15) is 0 Å². The standard InChI is InChI=1S/C44H37FN5O8P/c1-53-33-22-18-31(19-23-33)44(30-14-8-4-9-15-30,32-20-24-34(54-2)25-21-32)55-26-36-39(58-59(52)57-35-16-10-5-11-17-35)37(45)43(56-36)50-28-48-38-40(46-27-47-41(38)50)49-42(51)29-12-6-3-7-13-29/h3-25,27-28,36-37,39,43H,26H2,1-2H3/p+1/t36-,37+,39-,43-/m1/s1. The summed E-state index contributed by atoms with van der Waals surface area (Å²) in [5, 5.41) is 2.76. The molecule has 0 bridgehead atoms. The minimum Gasteiger partial charge on any atom is -0.497 e. The van der Waals surface area contributed by atoms with Crippen LogP contribution in [0.15, 0.2) is 152 Å². The number of ether oxygens (including phenoxy) is 4. The number of benzene rings is 5. The van der Waals surface area contributed by atoms with Crippen LogP contribution >= 0.6 is 8.25 Å². The van der Waals surface area contributed by atoms with Crippen LogP contribution in [0.1, 0.15) is 33.3 Å². The van der Waals surface area contributed by atoms with Gasteiger partial charge in [-0.15, -0.1) is 4.52 Å². The molecule has 15 heteroatoms. The second-order valence-electron chi connectivity index (χ2n) is 13.4. The number of hydrogen-bond donors (Lipinski definition) is 1. The van der Waals surface area contributed by atoms with E-state index in [4.69, 9.17) is 28.0 Å². The molecule has 13 nitrogen and oxygen atoms in total. The van der Waals surface area contributed by atoms with E-state index in [0.29, 0.717) is 17.1 Å². The fourth-order valence-corrected chi connectivity index (χ4v) is 7.83. The highest BCUT2D eigenvalue weighted by Crippen LogP contribution is 2.45. The summed E-state index contributed by atoms with van der Waals surface area (Å²) in [6.45, 7) is -0.261. The molecule has 1 saturated heterocycles. The van der Waals surface area contributed by atoms with E-state index in [1.165, 1.54) is 17.2 Å². The number of aromatic nitrogens is 4. The summed E-state index contributed by atoms with van der Waals surface area (Å²) in [6, 6.07) is 41.6. The molecule has 1 fully saturated rings. The van der Waals surface area contributed by atoms with E-state index in [0.717, 1.165) is 16.7 Å². The zero-order chi connectivity index (χ0) is 40.8. The average molecular weight is 815 g/mol. The lowest BCUT2D eigenvalue weighted by Crippen LogP contribution is -2.39. The SMILES string of the molecule is COc1ccc(C(OC[C@H]2O[C@@H](n3cnc4c(NC(=O)c5ccccc5)ncnc43)[C@@H](F)[C@@H]2O[P+](=O)Oc2ccccc2)(c2ccccc2)c2ccc(OC)cc2)cc1. The van der Waals surface area contributed by atoms with Crippen molar-refractivity contribution >= 4 is 31.1 Å². The normalized spacial score (nSPS) is 18.0. The second kappa shape index (κ2) is 17.5. The summed E-state index contributed by atoms with van der Waals surface area (Å²) in [4.78, 5) is 26.1. The molecule has 59 heavy (non-hydrogen) atoms. The Morgan fingerprint density at radius 2 is 1.34 bits per heavy atom. The third kappa shape index (κ3) is 8.12. The Morgan fingerprint density at radius 1 is 0.763 bits per heavy atom. The largest absolute Gasteiger partial charge is 0.750 e. The number of para-hydroxylation sites is 1. The van der Waals surface area contributed by atoms with Gasteiger partial charge in [0, 0.05) is 10.1 Å². The van der Waals surface area contributed by atoms with Gasteiger partial charge in [-0.25, -0.2) is 23.9 Å². The van der Waals surface area contributed by atoms with Crippen molar-refractivity contribution < 1.29 is 41.7 Å². The maximum absolute atomic E-state index is 17.1. The van der Waals surface area contributed by atoms with Crippen LogP contribution in [0.25, 0.3) is 11.2 Å². The number of anilines is 1. The number of nitrogens with one attached hydrogen (secondary N) is 1. The quantitative estimate of drug-likeness (QED) is 0.0786. The summed E-state index contributed by atoms with van der Waals surface area (Å²) < 4.78 is 67.9. The first kappa shape index (κ1) is 39.3. The van der Waals surface area contributed by atoms with Crippen LogP contribution in [0.3, 0.4) is 0 Å². The Morgan fingerprint density at radius 3 is 1.95 bits per heavy atom. The maximum Gasteiger partial charge on any atom is 0.750 e. The molecule has 0 spiro atoms. The van der Waals surface area contributed by atoms with E-state index in [9.17, 15) is 9.36 Å². The number of nitrogens with zero attached hydrogens (tertiary/aromatic N) is 4. The summed E-state index contributed by atoms with van der Waals surface area (Å²) in [5.74, 6) is 1.26. The van der Waals surface area contributed by atoms with Crippen molar-refractivity contribution in [1.29, 1.82) is 0 Å². The van der Waals surface area contributed by atoms with Crippen molar-refractivity contribution in [2.45, 2.75) is 30.2 Å². The number of carbonyl (C=O) groups is 1. The molecule has 5 atom stereocenters. The third-order valence-electron chi connectivity index (χ3n) is 9.94. The van der Waals surface area contributed by atoms with E-state index in [1.807, 2.05) is 78.9 Å². The molecule has 2 aromatic heterocycles. The topological polar surface area (TPSA) is 145 Å². The second-order valence-corrected chi connectivity index (χ2v) is 14.2. The lowest BCUT2D eigenvalue weighted by atomic mass is 9.80. The number of carbonyl (C=O) groups excluding carboxylic acids is 1. The predicted molar refractivity (Wildman–Crippen MR) is 216 cm³/mol. The van der Waals surface area contributed by atoms with E-state index < -0.39 is 44.4 Å². The summed E-state index contributed by atoms with van der Waals surface area (Å²) in [7, 11) is 0.272. The fourth-order valence-electron chi connectivity index (χ4n) is 7.05. The van der Waals surface area contributed by atoms with E-state index in [2.05, 4.69) is 20.3 Å². The predicted octanol–water partition coefficient (Wildman–Crippen LogP) is 8.46. The number of halogens is 1. The number of imidazole rings is 1. The molecule has 1 unspecified atom stereocenters. The molecule has 0 radical (unpaired) electrons. The van der Waals surface area contributed by atoms with Crippen molar-refractivity contribution in [3.8, 4) is 17.2 Å². The highest BCUT2D eigenvalue weighted by atomic mass is 31.1. The smallest absolute Gasteiger partial charge is 0.497 e. The summed E-state index contributed by atoms with van der Waals surface area (Å²) in [5.41, 5.74) is 1.73. The molecule has 1 aliphatic rings. The van der Waals surface area contributed by atoms with Gasteiger partial charge < -0.3 is 24.3 Å². The highest BCUT2D eigenvalue weighted by Gasteiger charge is 2.54. The van der Waals surface area contributed by atoms with Gasteiger partial charge in [-0.3, -0.25) is 9.36 Å². The first-order chi connectivity index (χ1) is 28.9. The van der Waals surface area contributed by atoms with Crippen LogP contribution in [0, 0.1) is 0 Å². The summed E-state index contributed by atoms with van der Waals surface area (Å²) >= 11 is 0. The number of fused-ring (bicyclic) bond motifs is 1. The summed E-state index contributed by atoms with van der Waals surface area (Å²) in [6.07, 6.45) is -3.38. The lowest BCUT2D eigenvalue weighted by molar-refractivity contribution is -0.0911. The molecule has 8 rings (SSSR count). The molecule has 0 saturated carbocycles. The first-order valence-corrected chi connectivity index (χ1v) is 19.7. The Balaban J connectivity index is 1.16. The zero-order valence-electron chi connectivity index (χ0n) is 31.8. The van der Waals surface area contributed by atoms with Crippen molar-refractivity contribution in [2.24, 2.45) is 0 Å². The van der Waals surface area contributed by atoms with Gasteiger partial charge in [0.05, 0.1) is 27.2 Å². The maximum atomic E-state index is 17.1. The van der Waals surface area contributed by atoms with Crippen LogP contribution < -0.4 is 19.3 Å². The molecule has 1 aliphatic heterocycles. The first-order valence-electron chi connectivity index (χ1n) is 18.6. The molecular formula is C44H38FN5O8P+. The van der Waals surface area contributed by atoms with Gasteiger partial charge in [-0.05, 0) is 65.2 Å². The Labute approximate surface area is 339 Å². The van der Waals surface area contributed by atoms with Gasteiger partial charge in [0.25, 0.3) is 5.91 Å². The van der Waals surface area contributed by atoms with Crippen LogP contribution in [0.2, 0.25) is 0 Å². The molecule has 7 aromatic rings. The minimum atomic E-state index is -2.90. The number of rotatable bonds is 15. The fraction of sp³-hybridized carbons (Fsp3) is 0.182. The van der Waals surface area contributed by atoms with Gasteiger partial charge in [0.15, 0.2) is 41.2 Å². The monoisotopic (exact) mass is 814 g/mol. The average Bonchev–Trinajstić information content (AvgIpc) is 3.85. The van der Waals surface area contributed by atoms with Crippen LogP contribution in [-0.4, -0.2) is 64.6 Å². The lowest BCUT2D eigenvalue weighted by Gasteiger charge is -2.37. The van der Waals surface area contributed by atoms with Crippen molar-refractivity contribution in [2.75, 3.05) is 26.1 Å². The molecule has 0 aliphatic carbocycles. The van der Waals surface area contributed by atoms with Crippen molar-refractivity contribution in [3.05, 3.63) is 174 Å². The number of alkyl halides is 1. The minimum absolute atomic E-state index is 0.120. The van der Waals surface area contributed by atoms with Crippen LogP contribution in [0.5, 0.6) is 17.2 Å². The van der Waals surface area contributed by atoms with Gasteiger partial charge in [0.1, 0.15) is 29.5 Å². The molecule has 5 aromatic carbocycles. The van der Waals surface area contributed by atoms with E-state index >= 15 is 4.39 Å². The van der Waals surface area contributed by atoms with E-state index in [1.54, 1.807) is 74.9 Å². The zero-order valence-corrected chi connectivity index (χ0v) is 32.7. The molecule has 1 N–H and O–H groups in total. The van der Waals surface area contributed by atoms with Gasteiger partial charge in [-0.1, -0.05) is 91.0 Å². The molecule has 298 valence electrons. The van der Waals surface area contributed by atoms with Crippen molar-refractivity contribution in [3.63, 3.8) is 0 Å². The molecule has 1 amide bonds. The van der Waals surface area contributed by atoms with Crippen LogP contribution in [-0.2, 0) is 24.2 Å². The van der Waals surface area contributed by atoms with Gasteiger partial charge >= 0.3 is 8.25 Å². The Hall–Kier alpha value is -6.57. The Kier molecular flexibility index (Phi) is 11.7. The molecule has 3 heterocycles.